The number of hydrogen-bond acceptors (Lipinski definition) is 3. The Balaban J connectivity index is 1.67. The van der Waals surface area contributed by atoms with Crippen LogP contribution in [-0.4, -0.2) is 9.55 Å². The fraction of sp³-hybridized carbons (Fsp3) is 0.231. The van der Waals surface area contributed by atoms with Gasteiger partial charge in [0.05, 0.1) is 17.4 Å². The van der Waals surface area contributed by atoms with E-state index in [0.29, 0.717) is 17.0 Å². The van der Waals surface area contributed by atoms with E-state index in [2.05, 4.69) is 45.0 Å². The van der Waals surface area contributed by atoms with E-state index in [-0.39, 0.29) is 11.0 Å². The van der Waals surface area contributed by atoms with Crippen molar-refractivity contribution >= 4 is 34.3 Å². The van der Waals surface area contributed by atoms with Gasteiger partial charge in [-0.3, -0.25) is 9.36 Å². The second-order valence-corrected chi connectivity index (χ2v) is 10.0. The molecule has 0 N–H and O–H groups in total. The minimum atomic E-state index is -0.0221. The normalized spacial score (nSPS) is 11.7. The Hall–Kier alpha value is -2.56. The Bertz CT molecular complexity index is 1260. The van der Waals surface area contributed by atoms with E-state index < -0.39 is 0 Å². The van der Waals surface area contributed by atoms with Crippen LogP contribution in [0.25, 0.3) is 10.9 Å². The molecule has 0 saturated carbocycles. The molecule has 5 heteroatoms. The summed E-state index contributed by atoms with van der Waals surface area (Å²) in [6, 6.07) is 23.8. The van der Waals surface area contributed by atoms with Crippen molar-refractivity contribution in [2.45, 2.75) is 43.6 Å². The molecule has 158 valence electrons. The first-order chi connectivity index (χ1) is 14.8. The summed E-state index contributed by atoms with van der Waals surface area (Å²) in [5, 5.41) is 2.04. The van der Waals surface area contributed by atoms with Gasteiger partial charge in [-0.05, 0) is 46.4 Å². The van der Waals surface area contributed by atoms with Crippen LogP contribution in [0, 0.1) is 0 Å². The zero-order chi connectivity index (χ0) is 22.0. The number of aromatic nitrogens is 2. The number of para-hydroxylation sites is 1. The third-order valence-corrected chi connectivity index (χ3v) is 6.57. The maximum Gasteiger partial charge on any atom is 0.262 e. The van der Waals surface area contributed by atoms with Gasteiger partial charge >= 0.3 is 0 Å². The van der Waals surface area contributed by atoms with Crippen molar-refractivity contribution in [1.82, 2.24) is 9.55 Å². The topological polar surface area (TPSA) is 34.9 Å². The van der Waals surface area contributed by atoms with Crippen LogP contribution in [0.5, 0.6) is 0 Å². The molecule has 0 saturated heterocycles. The predicted molar refractivity (Wildman–Crippen MR) is 131 cm³/mol. The Morgan fingerprint density at radius 3 is 2.23 bits per heavy atom. The third kappa shape index (κ3) is 5.03. The monoisotopic (exact) mass is 448 g/mol. The molecule has 1 heterocycles. The summed E-state index contributed by atoms with van der Waals surface area (Å²) in [6.45, 7) is 7.10. The second kappa shape index (κ2) is 8.89. The highest BCUT2D eigenvalue weighted by Crippen LogP contribution is 2.26. The summed E-state index contributed by atoms with van der Waals surface area (Å²) in [5.74, 6) is 0.746. The lowest BCUT2D eigenvalue weighted by molar-refractivity contribution is 0.590. The van der Waals surface area contributed by atoms with Crippen LogP contribution in [0.15, 0.2) is 82.7 Å². The Morgan fingerprint density at radius 2 is 1.55 bits per heavy atom. The quantitative estimate of drug-likeness (QED) is 0.252. The molecule has 0 unspecified atom stereocenters. The van der Waals surface area contributed by atoms with Crippen LogP contribution in [0.4, 0.5) is 0 Å². The smallest absolute Gasteiger partial charge is 0.262 e. The minimum Gasteiger partial charge on any atom is -0.283 e. The molecule has 4 aromatic rings. The van der Waals surface area contributed by atoms with Crippen LogP contribution in [0.3, 0.4) is 0 Å². The second-order valence-electron chi connectivity index (χ2n) is 8.66. The molecule has 4 rings (SSSR count). The average Bonchev–Trinajstić information content (AvgIpc) is 2.75. The zero-order valence-electron chi connectivity index (χ0n) is 17.9. The number of thioether (sulfide) groups is 1. The molecule has 0 spiro atoms. The van der Waals surface area contributed by atoms with Crippen LogP contribution in [-0.2, 0) is 17.7 Å². The maximum atomic E-state index is 13.3. The number of hydrogen-bond donors (Lipinski definition) is 0. The molecule has 1 aromatic heterocycles. The fourth-order valence-corrected chi connectivity index (χ4v) is 4.50. The summed E-state index contributed by atoms with van der Waals surface area (Å²) in [4.78, 5) is 18.1. The van der Waals surface area contributed by atoms with Crippen molar-refractivity contribution in [2.24, 2.45) is 0 Å². The maximum absolute atomic E-state index is 13.3. The van der Waals surface area contributed by atoms with E-state index in [1.54, 1.807) is 16.3 Å². The van der Waals surface area contributed by atoms with Crippen LogP contribution < -0.4 is 5.56 Å². The molecule has 0 bridgehead atoms. The van der Waals surface area contributed by atoms with Crippen molar-refractivity contribution in [1.29, 1.82) is 0 Å². The Morgan fingerprint density at radius 1 is 0.903 bits per heavy atom. The van der Waals surface area contributed by atoms with Crippen LogP contribution in [0.1, 0.15) is 37.5 Å². The van der Waals surface area contributed by atoms with Gasteiger partial charge in [0.2, 0.25) is 0 Å². The number of halogens is 1. The van der Waals surface area contributed by atoms with E-state index in [1.807, 2.05) is 48.5 Å². The van der Waals surface area contributed by atoms with E-state index in [4.69, 9.17) is 16.6 Å². The van der Waals surface area contributed by atoms with Crippen molar-refractivity contribution in [3.8, 4) is 0 Å². The summed E-state index contributed by atoms with van der Waals surface area (Å²) in [6.07, 6.45) is 0. The Labute approximate surface area is 192 Å². The summed E-state index contributed by atoms with van der Waals surface area (Å²) < 4.78 is 1.76. The van der Waals surface area contributed by atoms with Crippen molar-refractivity contribution in [2.75, 3.05) is 0 Å². The highest BCUT2D eigenvalue weighted by molar-refractivity contribution is 7.98. The molecular formula is C26H25ClN2OS. The number of fused-ring (bicyclic) bond motifs is 1. The lowest BCUT2D eigenvalue weighted by Gasteiger charge is -2.19. The average molecular weight is 449 g/mol. The van der Waals surface area contributed by atoms with Gasteiger partial charge in [0.1, 0.15) is 0 Å². The molecule has 3 nitrogen and oxygen atoms in total. The van der Waals surface area contributed by atoms with E-state index in [1.165, 1.54) is 11.1 Å². The molecule has 0 atom stereocenters. The minimum absolute atomic E-state index is 0.0221. The Kier molecular flexibility index (Phi) is 6.22. The highest BCUT2D eigenvalue weighted by atomic mass is 35.5. The van der Waals surface area contributed by atoms with Crippen molar-refractivity contribution in [3.63, 3.8) is 0 Å². The van der Waals surface area contributed by atoms with Gasteiger partial charge in [0.25, 0.3) is 5.56 Å². The predicted octanol–water partition coefficient (Wildman–Crippen LogP) is 6.69. The summed E-state index contributed by atoms with van der Waals surface area (Å²) >= 11 is 7.62. The van der Waals surface area contributed by atoms with E-state index >= 15 is 0 Å². The number of rotatable bonds is 5. The molecular weight excluding hydrogens is 424 g/mol. The molecule has 3 aromatic carbocycles. The molecule has 31 heavy (non-hydrogen) atoms. The highest BCUT2D eigenvalue weighted by Gasteiger charge is 2.14. The molecule has 0 radical (unpaired) electrons. The van der Waals surface area contributed by atoms with Gasteiger partial charge in [0, 0.05) is 10.8 Å². The lowest BCUT2D eigenvalue weighted by atomic mass is 9.87. The van der Waals surface area contributed by atoms with Crippen molar-refractivity contribution in [3.05, 3.63) is 105 Å². The first-order valence-electron chi connectivity index (χ1n) is 10.3. The van der Waals surface area contributed by atoms with Gasteiger partial charge < -0.3 is 0 Å². The first-order valence-corrected chi connectivity index (χ1v) is 11.6. The van der Waals surface area contributed by atoms with Gasteiger partial charge in [-0.2, -0.15) is 0 Å². The first kappa shape index (κ1) is 21.7. The van der Waals surface area contributed by atoms with Gasteiger partial charge in [-0.25, -0.2) is 4.98 Å². The van der Waals surface area contributed by atoms with Gasteiger partial charge in [-0.1, -0.05) is 92.7 Å². The van der Waals surface area contributed by atoms with Crippen LogP contribution in [0.2, 0.25) is 5.02 Å². The summed E-state index contributed by atoms with van der Waals surface area (Å²) in [7, 11) is 0. The molecule has 0 amide bonds. The number of benzene rings is 3. The fourth-order valence-electron chi connectivity index (χ4n) is 3.42. The van der Waals surface area contributed by atoms with Gasteiger partial charge in [-0.15, -0.1) is 0 Å². The molecule has 0 aliphatic carbocycles. The summed E-state index contributed by atoms with van der Waals surface area (Å²) in [5.41, 5.74) is 4.37. The van der Waals surface area contributed by atoms with Crippen molar-refractivity contribution < 1.29 is 0 Å². The molecule has 0 aliphatic rings. The zero-order valence-corrected chi connectivity index (χ0v) is 19.5. The van der Waals surface area contributed by atoms with Crippen LogP contribution >= 0.6 is 23.4 Å². The largest absolute Gasteiger partial charge is 0.283 e. The van der Waals surface area contributed by atoms with Gasteiger partial charge in [0.15, 0.2) is 5.16 Å². The van der Waals surface area contributed by atoms with E-state index in [0.717, 1.165) is 22.0 Å². The third-order valence-electron chi connectivity index (χ3n) is 5.27. The standard InChI is InChI=1S/C26H25ClN2OS/c1-26(2,3)20-12-8-19(9-13-20)17-31-25-28-23-7-5-4-6-22(23)24(30)29(25)16-18-10-14-21(27)15-11-18/h4-15H,16-17H2,1-3H3. The van der Waals surface area contributed by atoms with E-state index in [9.17, 15) is 4.79 Å². The lowest BCUT2D eigenvalue weighted by Crippen LogP contribution is -2.24. The molecule has 0 aliphatic heterocycles. The number of nitrogens with zero attached hydrogens (tertiary/aromatic N) is 2. The molecule has 0 fully saturated rings. The SMILES string of the molecule is CC(C)(C)c1ccc(CSc2nc3ccccc3c(=O)n2Cc2ccc(Cl)cc2)cc1.